The number of amides is 2. The van der Waals surface area contributed by atoms with E-state index in [0.29, 0.717) is 24.3 Å². The second kappa shape index (κ2) is 8.99. The predicted octanol–water partition coefficient (Wildman–Crippen LogP) is 1.44. The number of benzene rings is 2. The fraction of sp³-hybridized carbons (Fsp3) is 0.304. The van der Waals surface area contributed by atoms with Crippen molar-refractivity contribution in [2.45, 2.75) is 19.3 Å². The third kappa shape index (κ3) is 4.74. The first-order valence-corrected chi connectivity index (χ1v) is 10.1. The highest BCUT2D eigenvalue weighted by Crippen LogP contribution is 2.37. The fourth-order valence-electron chi connectivity index (χ4n) is 3.81. The molecule has 31 heavy (non-hydrogen) atoms. The van der Waals surface area contributed by atoms with Gasteiger partial charge in [0.25, 0.3) is 5.91 Å². The smallest absolute Gasteiger partial charge is 0.325 e. The van der Waals surface area contributed by atoms with Gasteiger partial charge >= 0.3 is 5.97 Å². The number of nitrogens with one attached hydrogen (secondary N) is 1. The van der Waals surface area contributed by atoms with Gasteiger partial charge in [-0.15, -0.1) is 0 Å². The zero-order valence-electron chi connectivity index (χ0n) is 16.9. The molecule has 0 unspecified atom stereocenters. The normalized spacial score (nSPS) is 14.1. The number of hydrogen-bond acceptors (Lipinski definition) is 6. The molecule has 2 aliphatic rings. The zero-order chi connectivity index (χ0) is 21.8. The van der Waals surface area contributed by atoms with Gasteiger partial charge in [0.1, 0.15) is 12.3 Å². The Morgan fingerprint density at radius 1 is 1.03 bits per heavy atom. The number of para-hydroxylation sites is 1. The monoisotopic (exact) mass is 422 g/mol. The number of rotatable bonds is 8. The predicted molar refractivity (Wildman–Crippen MR) is 111 cm³/mol. The Morgan fingerprint density at radius 2 is 1.81 bits per heavy atom. The van der Waals surface area contributed by atoms with Crippen LogP contribution in [0.15, 0.2) is 42.5 Å². The summed E-state index contributed by atoms with van der Waals surface area (Å²) in [6, 6.07) is 12.3. The van der Waals surface area contributed by atoms with E-state index in [2.05, 4.69) is 5.32 Å². The minimum Gasteiger partial charge on any atom is -0.484 e. The van der Waals surface area contributed by atoms with E-state index in [9.17, 15) is 19.2 Å². The molecular formula is C23H22N2O6. The lowest BCUT2D eigenvalue weighted by atomic mass is 9.95. The number of nitrogens with zero attached hydrogens (tertiary/aromatic N) is 1. The van der Waals surface area contributed by atoms with Crippen molar-refractivity contribution in [2.75, 3.05) is 31.2 Å². The number of anilines is 1. The first-order chi connectivity index (χ1) is 15.0. The van der Waals surface area contributed by atoms with Crippen molar-refractivity contribution < 1.29 is 28.7 Å². The average molecular weight is 422 g/mol. The lowest BCUT2D eigenvalue weighted by molar-refractivity contribution is -0.143. The van der Waals surface area contributed by atoms with Crippen LogP contribution in [0.3, 0.4) is 0 Å². The van der Waals surface area contributed by atoms with Crippen molar-refractivity contribution in [1.29, 1.82) is 0 Å². The summed E-state index contributed by atoms with van der Waals surface area (Å²) in [5.74, 6) is -0.935. The molecule has 2 heterocycles. The number of carbonyl (C=O) groups is 4. The van der Waals surface area contributed by atoms with Gasteiger partial charge in [0.05, 0.1) is 12.1 Å². The summed E-state index contributed by atoms with van der Waals surface area (Å²) in [6.07, 6.45) is 1.96. The van der Waals surface area contributed by atoms with E-state index < -0.39 is 18.5 Å². The highest BCUT2D eigenvalue weighted by Gasteiger charge is 2.32. The molecule has 0 saturated heterocycles. The highest BCUT2D eigenvalue weighted by molar-refractivity contribution is 6.05. The number of Topliss-reactive ketones (excluding diaryl/α,β-unsaturated/α-hetero) is 1. The summed E-state index contributed by atoms with van der Waals surface area (Å²) in [5, 5.41) is 2.39. The van der Waals surface area contributed by atoms with Crippen molar-refractivity contribution in [1.82, 2.24) is 5.32 Å². The molecule has 0 spiro atoms. The van der Waals surface area contributed by atoms with E-state index >= 15 is 0 Å². The van der Waals surface area contributed by atoms with Crippen LogP contribution in [0.25, 0.3) is 0 Å². The molecule has 0 aromatic heterocycles. The van der Waals surface area contributed by atoms with Crippen LogP contribution in [0.1, 0.15) is 27.9 Å². The Balaban J connectivity index is 1.25. The molecule has 0 radical (unpaired) electrons. The van der Waals surface area contributed by atoms with E-state index in [0.717, 1.165) is 29.7 Å². The van der Waals surface area contributed by atoms with Crippen LogP contribution in [0.5, 0.6) is 5.75 Å². The Morgan fingerprint density at radius 3 is 2.61 bits per heavy atom. The standard InChI is InChI=1S/C23H22N2O6/c26-19(16-9-15-5-4-8-25-21(28)11-17(10-16)23(15)25)13-31-22(29)12-24-20(27)14-30-18-6-2-1-3-7-18/h1-3,6-7,9-10H,4-5,8,11-14H2,(H,24,27). The highest BCUT2D eigenvalue weighted by atomic mass is 16.5. The first kappa shape index (κ1) is 20.6. The second-order valence-electron chi connectivity index (χ2n) is 7.43. The van der Waals surface area contributed by atoms with Crippen LogP contribution in [0, 0.1) is 0 Å². The largest absolute Gasteiger partial charge is 0.484 e. The van der Waals surface area contributed by atoms with Crippen molar-refractivity contribution in [3.63, 3.8) is 0 Å². The van der Waals surface area contributed by atoms with Crippen molar-refractivity contribution >= 4 is 29.3 Å². The summed E-state index contributed by atoms with van der Waals surface area (Å²) < 4.78 is 10.3. The molecule has 160 valence electrons. The molecule has 0 atom stereocenters. The topological polar surface area (TPSA) is 102 Å². The minimum atomic E-state index is -0.717. The molecular weight excluding hydrogens is 400 g/mol. The van der Waals surface area contributed by atoms with Crippen molar-refractivity contribution in [3.8, 4) is 5.75 Å². The van der Waals surface area contributed by atoms with Gasteiger partial charge in [0.2, 0.25) is 5.91 Å². The number of aryl methyl sites for hydroxylation is 1. The van der Waals surface area contributed by atoms with E-state index in [-0.39, 0.29) is 24.8 Å². The van der Waals surface area contributed by atoms with E-state index in [4.69, 9.17) is 9.47 Å². The van der Waals surface area contributed by atoms with Crippen LogP contribution in [0.4, 0.5) is 5.69 Å². The Hall–Kier alpha value is -3.68. The Bertz CT molecular complexity index is 1030. The summed E-state index contributed by atoms with van der Waals surface area (Å²) >= 11 is 0. The molecule has 0 fully saturated rings. The van der Waals surface area contributed by atoms with Crippen LogP contribution >= 0.6 is 0 Å². The third-order valence-electron chi connectivity index (χ3n) is 5.24. The number of ether oxygens (including phenoxy) is 2. The molecule has 0 bridgehead atoms. The third-order valence-corrected chi connectivity index (χ3v) is 5.24. The minimum absolute atomic E-state index is 0.0546. The number of carbonyl (C=O) groups excluding carboxylic acids is 4. The Kier molecular flexibility index (Phi) is 5.97. The number of esters is 1. The molecule has 0 aliphatic carbocycles. The van der Waals surface area contributed by atoms with Crippen molar-refractivity contribution in [3.05, 3.63) is 59.2 Å². The van der Waals surface area contributed by atoms with Gasteiger partial charge in [-0.3, -0.25) is 19.2 Å². The summed E-state index contributed by atoms with van der Waals surface area (Å²) in [6.45, 7) is -0.302. The van der Waals surface area contributed by atoms with E-state index in [1.54, 1.807) is 41.3 Å². The van der Waals surface area contributed by atoms with Gasteiger partial charge in [0.15, 0.2) is 19.0 Å². The molecule has 4 rings (SSSR count). The molecule has 2 aliphatic heterocycles. The zero-order valence-corrected chi connectivity index (χ0v) is 16.9. The van der Waals surface area contributed by atoms with Gasteiger partial charge < -0.3 is 19.7 Å². The molecule has 2 aromatic rings. The molecule has 0 saturated carbocycles. The first-order valence-electron chi connectivity index (χ1n) is 10.1. The Labute approximate surface area is 179 Å². The molecule has 2 amide bonds. The van der Waals surface area contributed by atoms with Gasteiger partial charge in [-0.05, 0) is 48.2 Å². The lowest BCUT2D eigenvalue weighted by Crippen LogP contribution is -2.34. The summed E-state index contributed by atoms with van der Waals surface area (Å²) in [7, 11) is 0. The van der Waals surface area contributed by atoms with Gasteiger partial charge in [0, 0.05) is 12.1 Å². The molecule has 1 N–H and O–H groups in total. The summed E-state index contributed by atoms with van der Waals surface area (Å²) in [5.41, 5.74) is 3.20. The number of hydrogen-bond donors (Lipinski definition) is 1. The maximum atomic E-state index is 12.5. The summed E-state index contributed by atoms with van der Waals surface area (Å²) in [4.78, 5) is 50.1. The molecule has 8 nitrogen and oxygen atoms in total. The SMILES string of the molecule is O=C(COc1ccccc1)NCC(=O)OCC(=O)c1cc2c3c(c1)CC(=O)N3CCC2. The van der Waals surface area contributed by atoms with Crippen LogP contribution in [-0.2, 0) is 32.0 Å². The molecule has 2 aromatic carbocycles. The van der Waals surface area contributed by atoms with E-state index in [1.807, 2.05) is 6.07 Å². The van der Waals surface area contributed by atoms with Crippen LogP contribution < -0.4 is 15.0 Å². The maximum Gasteiger partial charge on any atom is 0.325 e. The van der Waals surface area contributed by atoms with Crippen LogP contribution in [0.2, 0.25) is 0 Å². The van der Waals surface area contributed by atoms with Gasteiger partial charge in [-0.2, -0.15) is 0 Å². The maximum absolute atomic E-state index is 12.5. The fourth-order valence-corrected chi connectivity index (χ4v) is 3.81. The van der Waals surface area contributed by atoms with Crippen LogP contribution in [-0.4, -0.2) is 49.9 Å². The molecule has 8 heteroatoms. The average Bonchev–Trinajstić information content (AvgIpc) is 3.12. The second-order valence-corrected chi connectivity index (χ2v) is 7.43. The lowest BCUT2D eigenvalue weighted by Gasteiger charge is -2.25. The van der Waals surface area contributed by atoms with Crippen molar-refractivity contribution in [2.24, 2.45) is 0 Å². The quantitative estimate of drug-likeness (QED) is 0.510. The number of ketones is 1. The van der Waals surface area contributed by atoms with E-state index in [1.165, 1.54) is 0 Å². The van der Waals surface area contributed by atoms with Gasteiger partial charge in [-0.25, -0.2) is 0 Å². The van der Waals surface area contributed by atoms with Gasteiger partial charge in [-0.1, -0.05) is 18.2 Å².